The van der Waals surface area contributed by atoms with Crippen molar-refractivity contribution in [3.05, 3.63) is 28.9 Å². The van der Waals surface area contributed by atoms with E-state index in [1.165, 1.54) is 0 Å². The number of rotatable bonds is 1. The number of nitrogens with one attached hydrogen (secondary N) is 1. The summed E-state index contributed by atoms with van der Waals surface area (Å²) in [5, 5.41) is 1.15. The lowest BCUT2D eigenvalue weighted by Crippen LogP contribution is -1.80. The predicted molar refractivity (Wildman–Crippen MR) is 52.6 cm³/mol. The van der Waals surface area contributed by atoms with Crippen LogP contribution in [0.5, 0.6) is 5.75 Å². The van der Waals surface area contributed by atoms with Crippen LogP contribution in [0.15, 0.2) is 28.9 Å². The first-order valence-electron chi connectivity index (χ1n) is 3.62. The number of hydrogen-bond acceptors (Lipinski definition) is 1. The first-order chi connectivity index (χ1) is 5.79. The summed E-state index contributed by atoms with van der Waals surface area (Å²) in [6, 6.07) is 7.96. The SMILES string of the molecule is COc1ccc2[nH]c(Br)cc2c1. The van der Waals surface area contributed by atoms with Crippen LogP contribution in [0.2, 0.25) is 0 Å². The standard InChI is InChI=1S/C9H8BrNO/c1-12-7-2-3-8-6(4-7)5-9(10)11-8/h2-5,11H,1H3. The Kier molecular flexibility index (Phi) is 1.81. The van der Waals surface area contributed by atoms with E-state index in [0.717, 1.165) is 21.3 Å². The van der Waals surface area contributed by atoms with Gasteiger partial charge in [-0.25, -0.2) is 0 Å². The fourth-order valence-corrected chi connectivity index (χ4v) is 1.66. The summed E-state index contributed by atoms with van der Waals surface area (Å²) in [4.78, 5) is 3.17. The van der Waals surface area contributed by atoms with Crippen LogP contribution in [-0.2, 0) is 0 Å². The number of methoxy groups -OCH3 is 1. The Morgan fingerprint density at radius 3 is 2.92 bits per heavy atom. The minimum Gasteiger partial charge on any atom is -0.497 e. The van der Waals surface area contributed by atoms with Crippen molar-refractivity contribution in [3.63, 3.8) is 0 Å². The lowest BCUT2D eigenvalue weighted by molar-refractivity contribution is 0.415. The van der Waals surface area contributed by atoms with Gasteiger partial charge in [0.15, 0.2) is 0 Å². The molecular weight excluding hydrogens is 218 g/mol. The Hall–Kier alpha value is -0.960. The highest BCUT2D eigenvalue weighted by Crippen LogP contribution is 2.23. The fourth-order valence-electron chi connectivity index (χ4n) is 1.20. The van der Waals surface area contributed by atoms with Gasteiger partial charge in [-0.1, -0.05) is 0 Å². The molecule has 0 aliphatic heterocycles. The van der Waals surface area contributed by atoms with E-state index < -0.39 is 0 Å². The second-order valence-corrected chi connectivity index (χ2v) is 3.42. The lowest BCUT2D eigenvalue weighted by atomic mass is 10.2. The molecule has 0 fully saturated rings. The zero-order valence-corrected chi connectivity index (χ0v) is 8.18. The Bertz CT molecular complexity index is 408. The van der Waals surface area contributed by atoms with Gasteiger partial charge in [0.1, 0.15) is 5.75 Å². The molecule has 0 saturated heterocycles. The molecule has 2 rings (SSSR count). The summed E-state index contributed by atoms with van der Waals surface area (Å²) >= 11 is 3.37. The van der Waals surface area contributed by atoms with Crippen molar-refractivity contribution in [2.75, 3.05) is 7.11 Å². The van der Waals surface area contributed by atoms with Gasteiger partial charge in [-0.05, 0) is 40.2 Å². The van der Waals surface area contributed by atoms with E-state index >= 15 is 0 Å². The normalized spacial score (nSPS) is 10.5. The highest BCUT2D eigenvalue weighted by molar-refractivity contribution is 9.10. The summed E-state index contributed by atoms with van der Waals surface area (Å²) in [6.07, 6.45) is 0. The van der Waals surface area contributed by atoms with E-state index in [0.29, 0.717) is 0 Å². The van der Waals surface area contributed by atoms with Crippen molar-refractivity contribution in [2.45, 2.75) is 0 Å². The quantitative estimate of drug-likeness (QED) is 0.794. The van der Waals surface area contributed by atoms with Crippen molar-refractivity contribution in [1.29, 1.82) is 0 Å². The number of benzene rings is 1. The maximum absolute atomic E-state index is 5.10. The smallest absolute Gasteiger partial charge is 0.119 e. The number of halogens is 1. The van der Waals surface area contributed by atoms with Crippen LogP contribution in [0, 0.1) is 0 Å². The Morgan fingerprint density at radius 1 is 1.33 bits per heavy atom. The number of H-pyrrole nitrogens is 1. The van der Waals surface area contributed by atoms with Crippen LogP contribution in [0.3, 0.4) is 0 Å². The van der Waals surface area contributed by atoms with Gasteiger partial charge >= 0.3 is 0 Å². The van der Waals surface area contributed by atoms with E-state index in [2.05, 4.69) is 20.9 Å². The van der Waals surface area contributed by atoms with Gasteiger partial charge in [-0.2, -0.15) is 0 Å². The summed E-state index contributed by atoms with van der Waals surface area (Å²) in [6.45, 7) is 0. The van der Waals surface area contributed by atoms with Crippen LogP contribution in [0.4, 0.5) is 0 Å². The van der Waals surface area contributed by atoms with E-state index in [1.807, 2.05) is 24.3 Å². The zero-order chi connectivity index (χ0) is 8.55. The second-order valence-electron chi connectivity index (χ2n) is 2.57. The van der Waals surface area contributed by atoms with Crippen LogP contribution >= 0.6 is 15.9 Å². The lowest BCUT2D eigenvalue weighted by Gasteiger charge is -1.97. The minimum atomic E-state index is 0.883. The highest BCUT2D eigenvalue weighted by Gasteiger charge is 1.98. The molecule has 0 radical (unpaired) electrons. The van der Waals surface area contributed by atoms with Gasteiger partial charge < -0.3 is 9.72 Å². The molecule has 0 aliphatic rings. The molecular formula is C9H8BrNO. The summed E-state index contributed by atoms with van der Waals surface area (Å²) in [7, 11) is 1.67. The number of fused-ring (bicyclic) bond motifs is 1. The van der Waals surface area contributed by atoms with Crippen LogP contribution < -0.4 is 4.74 Å². The highest BCUT2D eigenvalue weighted by atomic mass is 79.9. The molecule has 0 atom stereocenters. The van der Waals surface area contributed by atoms with Crippen LogP contribution in [0.25, 0.3) is 10.9 Å². The molecule has 62 valence electrons. The van der Waals surface area contributed by atoms with Gasteiger partial charge in [-0.3, -0.25) is 0 Å². The van der Waals surface area contributed by atoms with Crippen molar-refractivity contribution in [1.82, 2.24) is 4.98 Å². The number of aromatic amines is 1. The molecule has 1 aromatic heterocycles. The van der Waals surface area contributed by atoms with Crippen molar-refractivity contribution < 1.29 is 4.74 Å². The largest absolute Gasteiger partial charge is 0.497 e. The number of aromatic nitrogens is 1. The second kappa shape index (κ2) is 2.83. The average Bonchev–Trinajstić information content (AvgIpc) is 2.43. The minimum absolute atomic E-state index is 0.883. The average molecular weight is 226 g/mol. The number of ether oxygens (including phenoxy) is 1. The van der Waals surface area contributed by atoms with Gasteiger partial charge in [0.25, 0.3) is 0 Å². The zero-order valence-electron chi connectivity index (χ0n) is 6.60. The van der Waals surface area contributed by atoms with E-state index in [9.17, 15) is 0 Å². The van der Waals surface area contributed by atoms with Crippen molar-refractivity contribution in [3.8, 4) is 5.75 Å². The predicted octanol–water partition coefficient (Wildman–Crippen LogP) is 2.94. The third-order valence-electron chi connectivity index (χ3n) is 1.80. The summed E-state index contributed by atoms with van der Waals surface area (Å²) < 4.78 is 6.09. The molecule has 0 aliphatic carbocycles. The van der Waals surface area contributed by atoms with E-state index in [-0.39, 0.29) is 0 Å². The maximum atomic E-state index is 5.10. The monoisotopic (exact) mass is 225 g/mol. The molecule has 12 heavy (non-hydrogen) atoms. The Balaban J connectivity index is 2.66. The van der Waals surface area contributed by atoms with Gasteiger partial charge in [0, 0.05) is 10.9 Å². The third kappa shape index (κ3) is 1.20. The molecule has 1 heterocycles. The molecule has 0 spiro atoms. The molecule has 0 amide bonds. The summed E-state index contributed by atoms with van der Waals surface area (Å²) in [5.41, 5.74) is 1.11. The molecule has 2 nitrogen and oxygen atoms in total. The molecule has 0 unspecified atom stereocenters. The molecule has 0 saturated carbocycles. The third-order valence-corrected chi connectivity index (χ3v) is 2.22. The Labute approximate surface area is 78.7 Å². The van der Waals surface area contributed by atoms with Crippen LogP contribution in [0.1, 0.15) is 0 Å². The summed E-state index contributed by atoms with van der Waals surface area (Å²) in [5.74, 6) is 0.883. The maximum Gasteiger partial charge on any atom is 0.119 e. The van der Waals surface area contributed by atoms with Crippen molar-refractivity contribution >= 4 is 26.8 Å². The van der Waals surface area contributed by atoms with Gasteiger partial charge in [0.2, 0.25) is 0 Å². The molecule has 1 aromatic carbocycles. The van der Waals surface area contributed by atoms with Gasteiger partial charge in [0.05, 0.1) is 11.7 Å². The first kappa shape index (κ1) is 7.68. The first-order valence-corrected chi connectivity index (χ1v) is 4.41. The molecule has 0 bridgehead atoms. The van der Waals surface area contributed by atoms with E-state index in [4.69, 9.17) is 4.74 Å². The molecule has 2 aromatic rings. The molecule has 3 heteroatoms. The fraction of sp³-hybridized carbons (Fsp3) is 0.111. The van der Waals surface area contributed by atoms with Crippen LogP contribution in [-0.4, -0.2) is 12.1 Å². The van der Waals surface area contributed by atoms with Crippen molar-refractivity contribution in [2.24, 2.45) is 0 Å². The topological polar surface area (TPSA) is 25.0 Å². The Morgan fingerprint density at radius 2 is 2.17 bits per heavy atom. The van der Waals surface area contributed by atoms with E-state index in [1.54, 1.807) is 7.11 Å². The number of hydrogen-bond donors (Lipinski definition) is 1. The molecule has 1 N–H and O–H groups in total. The van der Waals surface area contributed by atoms with Gasteiger partial charge in [-0.15, -0.1) is 0 Å².